The number of halogens is 1. The van der Waals surface area contributed by atoms with Gasteiger partial charge in [0.1, 0.15) is 0 Å². The molecule has 0 saturated carbocycles. The molecule has 2 aliphatic rings. The maximum atomic E-state index is 6.48. The molecule has 1 fully saturated rings. The van der Waals surface area contributed by atoms with Crippen molar-refractivity contribution in [1.29, 1.82) is 0 Å². The number of piperidine rings is 1. The third-order valence-electron chi connectivity index (χ3n) is 5.43. The van der Waals surface area contributed by atoms with Crippen molar-refractivity contribution >= 4 is 33.2 Å². The van der Waals surface area contributed by atoms with E-state index in [0.717, 1.165) is 37.3 Å². The summed E-state index contributed by atoms with van der Waals surface area (Å²) in [6.07, 6.45) is 3.29. The molecule has 28 heavy (non-hydrogen) atoms. The number of ether oxygens (including phenoxy) is 2. The Morgan fingerprint density at radius 2 is 2.04 bits per heavy atom. The summed E-state index contributed by atoms with van der Waals surface area (Å²) in [5, 5.41) is 1.91. The normalized spacial score (nSPS) is 20.2. The second kappa shape index (κ2) is 7.90. The Morgan fingerprint density at radius 1 is 1.14 bits per heavy atom. The van der Waals surface area contributed by atoms with E-state index >= 15 is 0 Å². The Morgan fingerprint density at radius 3 is 2.96 bits per heavy atom. The number of hydrogen-bond donors (Lipinski definition) is 0. The second-order valence-corrected chi connectivity index (χ2v) is 9.02. The lowest BCUT2D eigenvalue weighted by atomic mass is 9.98. The molecule has 0 N–H and O–H groups in total. The average molecular weight is 415 g/mol. The van der Waals surface area contributed by atoms with E-state index in [1.807, 2.05) is 17.4 Å². The summed E-state index contributed by atoms with van der Waals surface area (Å²) in [4.78, 5) is 7.40. The first-order chi connectivity index (χ1) is 13.8. The second-order valence-electron chi connectivity index (χ2n) is 7.55. The van der Waals surface area contributed by atoms with E-state index in [4.69, 9.17) is 26.1 Å². The molecule has 2 aromatic carbocycles. The van der Waals surface area contributed by atoms with Crippen molar-refractivity contribution < 1.29 is 9.47 Å². The van der Waals surface area contributed by atoms with Crippen LogP contribution in [0.2, 0.25) is 5.02 Å². The van der Waals surface area contributed by atoms with Crippen LogP contribution in [0.1, 0.15) is 35.8 Å². The molecular weight excluding hydrogens is 392 g/mol. The minimum Gasteiger partial charge on any atom is -0.489 e. The fourth-order valence-corrected chi connectivity index (χ4v) is 5.48. The molecule has 0 radical (unpaired) electrons. The highest BCUT2D eigenvalue weighted by molar-refractivity contribution is 7.18. The number of rotatable bonds is 3. The zero-order chi connectivity index (χ0) is 18.9. The number of aromatic nitrogens is 1. The zero-order valence-corrected chi connectivity index (χ0v) is 17.3. The van der Waals surface area contributed by atoms with Gasteiger partial charge < -0.3 is 9.47 Å². The van der Waals surface area contributed by atoms with Crippen LogP contribution in [-0.4, -0.2) is 36.2 Å². The number of hydrogen-bond acceptors (Lipinski definition) is 5. The van der Waals surface area contributed by atoms with Crippen LogP contribution in [0.4, 0.5) is 0 Å². The van der Waals surface area contributed by atoms with Crippen LogP contribution in [0.15, 0.2) is 36.4 Å². The molecule has 0 bridgehead atoms. The number of benzene rings is 2. The van der Waals surface area contributed by atoms with Crippen molar-refractivity contribution in [2.75, 3.05) is 26.3 Å². The summed E-state index contributed by atoms with van der Waals surface area (Å²) in [5.74, 6) is 1.97. The first-order valence-corrected chi connectivity index (χ1v) is 11.1. The number of fused-ring (bicyclic) bond motifs is 2. The summed E-state index contributed by atoms with van der Waals surface area (Å²) in [6.45, 7) is 4.34. The van der Waals surface area contributed by atoms with E-state index in [1.54, 1.807) is 0 Å². The van der Waals surface area contributed by atoms with Crippen LogP contribution in [0.25, 0.3) is 10.2 Å². The van der Waals surface area contributed by atoms with Crippen LogP contribution in [0.3, 0.4) is 0 Å². The molecule has 0 unspecified atom stereocenters. The Kier molecular flexibility index (Phi) is 5.14. The maximum absolute atomic E-state index is 6.48. The van der Waals surface area contributed by atoms with Gasteiger partial charge in [0.2, 0.25) is 0 Å². The Hall–Kier alpha value is -1.82. The molecule has 2 aliphatic heterocycles. The fourth-order valence-electron chi connectivity index (χ4n) is 4.10. The van der Waals surface area contributed by atoms with E-state index in [9.17, 15) is 0 Å². The van der Waals surface area contributed by atoms with Crippen LogP contribution in [-0.2, 0) is 6.54 Å². The summed E-state index contributed by atoms with van der Waals surface area (Å²) in [5.41, 5.74) is 2.30. The Bertz CT molecular complexity index is 957. The highest BCUT2D eigenvalue weighted by Gasteiger charge is 2.25. The SMILES string of the molecule is Clc1cc(CN2CCC[C@H](c3nc4ccccc4s3)C2)cc2c1OCCCO2. The molecule has 0 amide bonds. The van der Waals surface area contributed by atoms with Gasteiger partial charge in [-0.15, -0.1) is 11.3 Å². The topological polar surface area (TPSA) is 34.6 Å². The van der Waals surface area contributed by atoms with Gasteiger partial charge in [-0.3, -0.25) is 4.90 Å². The summed E-state index contributed by atoms with van der Waals surface area (Å²) < 4.78 is 12.9. The number of nitrogens with zero attached hydrogens (tertiary/aromatic N) is 2. The van der Waals surface area contributed by atoms with Crippen molar-refractivity contribution in [2.24, 2.45) is 0 Å². The molecule has 0 spiro atoms. The molecule has 6 heteroatoms. The van der Waals surface area contributed by atoms with E-state index in [2.05, 4.69) is 35.2 Å². The van der Waals surface area contributed by atoms with Crippen molar-refractivity contribution in [3.63, 3.8) is 0 Å². The molecule has 4 nitrogen and oxygen atoms in total. The van der Waals surface area contributed by atoms with Gasteiger partial charge in [0.05, 0.1) is 33.5 Å². The molecule has 3 aromatic rings. The van der Waals surface area contributed by atoms with Crippen molar-refractivity contribution in [1.82, 2.24) is 9.88 Å². The van der Waals surface area contributed by atoms with Crippen LogP contribution >= 0.6 is 22.9 Å². The minimum absolute atomic E-state index is 0.502. The lowest BCUT2D eigenvalue weighted by Crippen LogP contribution is -2.33. The Labute approximate surface area is 174 Å². The highest BCUT2D eigenvalue weighted by Crippen LogP contribution is 2.39. The largest absolute Gasteiger partial charge is 0.489 e. The van der Waals surface area contributed by atoms with Crippen LogP contribution in [0, 0.1) is 0 Å². The van der Waals surface area contributed by atoms with E-state index < -0.39 is 0 Å². The number of para-hydroxylation sites is 1. The third-order valence-corrected chi connectivity index (χ3v) is 6.91. The van der Waals surface area contributed by atoms with Crippen LogP contribution in [0.5, 0.6) is 11.5 Å². The Balaban J connectivity index is 1.33. The first kappa shape index (κ1) is 18.2. The summed E-state index contributed by atoms with van der Waals surface area (Å²) in [7, 11) is 0. The van der Waals surface area contributed by atoms with Gasteiger partial charge >= 0.3 is 0 Å². The lowest BCUT2D eigenvalue weighted by Gasteiger charge is -2.32. The molecule has 1 atom stereocenters. The third kappa shape index (κ3) is 3.71. The van der Waals surface area contributed by atoms with Gasteiger partial charge in [0, 0.05) is 25.4 Å². The molecule has 0 aliphatic carbocycles. The maximum Gasteiger partial charge on any atom is 0.179 e. The van der Waals surface area contributed by atoms with Gasteiger partial charge in [0.25, 0.3) is 0 Å². The highest BCUT2D eigenvalue weighted by atomic mass is 35.5. The standard InChI is InChI=1S/C22H23ClN2O2S/c23-17-11-15(12-19-21(17)27-10-4-9-26-19)13-25-8-3-5-16(14-25)22-24-18-6-1-2-7-20(18)28-22/h1-2,6-7,11-12,16H,3-5,8-10,13-14H2/t16-/m0/s1. The van der Waals surface area contributed by atoms with Crippen LogP contribution < -0.4 is 9.47 Å². The van der Waals surface area contributed by atoms with Gasteiger partial charge in [-0.1, -0.05) is 23.7 Å². The fraction of sp³-hybridized carbons (Fsp3) is 0.409. The molecule has 5 rings (SSSR count). The summed E-state index contributed by atoms with van der Waals surface area (Å²) >= 11 is 8.32. The predicted octanol–water partition coefficient (Wildman–Crippen LogP) is 5.49. The van der Waals surface area contributed by atoms with E-state index in [0.29, 0.717) is 29.9 Å². The monoisotopic (exact) mass is 414 g/mol. The minimum atomic E-state index is 0.502. The molecule has 146 valence electrons. The average Bonchev–Trinajstić information content (AvgIpc) is 3.00. The van der Waals surface area contributed by atoms with Crippen molar-refractivity contribution in [2.45, 2.75) is 31.7 Å². The molecule has 1 saturated heterocycles. The molecular formula is C22H23ClN2O2S. The van der Waals surface area contributed by atoms with E-state index in [-0.39, 0.29) is 0 Å². The number of thiazole rings is 1. The lowest BCUT2D eigenvalue weighted by molar-refractivity contribution is 0.200. The van der Waals surface area contributed by atoms with Gasteiger partial charge in [-0.2, -0.15) is 0 Å². The number of likely N-dealkylation sites (tertiary alicyclic amines) is 1. The first-order valence-electron chi connectivity index (χ1n) is 9.92. The van der Waals surface area contributed by atoms with Gasteiger partial charge in [0.15, 0.2) is 11.5 Å². The zero-order valence-electron chi connectivity index (χ0n) is 15.7. The smallest absolute Gasteiger partial charge is 0.179 e. The van der Waals surface area contributed by atoms with E-state index in [1.165, 1.54) is 28.1 Å². The van der Waals surface area contributed by atoms with Gasteiger partial charge in [-0.05, 0) is 49.2 Å². The predicted molar refractivity (Wildman–Crippen MR) is 114 cm³/mol. The van der Waals surface area contributed by atoms with Crippen molar-refractivity contribution in [3.05, 3.63) is 52.0 Å². The quantitative estimate of drug-likeness (QED) is 0.567. The molecule has 3 heterocycles. The van der Waals surface area contributed by atoms with Crippen molar-refractivity contribution in [3.8, 4) is 11.5 Å². The summed E-state index contributed by atoms with van der Waals surface area (Å²) in [6, 6.07) is 12.5. The molecule has 1 aromatic heterocycles. The van der Waals surface area contributed by atoms with Gasteiger partial charge in [-0.25, -0.2) is 4.98 Å².